The second-order valence-electron chi connectivity index (χ2n) is 5.12. The van der Waals surface area contributed by atoms with Gasteiger partial charge < -0.3 is 5.32 Å². The minimum absolute atomic E-state index is 0.00418. The van der Waals surface area contributed by atoms with Crippen molar-refractivity contribution < 1.29 is 0 Å². The molecule has 1 aromatic heterocycles. The fourth-order valence-corrected chi connectivity index (χ4v) is 2.11. The van der Waals surface area contributed by atoms with Crippen molar-refractivity contribution in [2.24, 2.45) is 0 Å². The Morgan fingerprint density at radius 2 is 1.53 bits per heavy atom. The monoisotopic (exact) mass is 296 g/mol. The van der Waals surface area contributed by atoms with E-state index in [9.17, 15) is 0 Å². The maximum Gasteiger partial charge on any atom is 0.232 e. The summed E-state index contributed by atoms with van der Waals surface area (Å²) in [6.07, 6.45) is 0. The van der Waals surface area contributed by atoms with Gasteiger partial charge in [0.25, 0.3) is 0 Å². The van der Waals surface area contributed by atoms with Gasteiger partial charge in [0, 0.05) is 5.69 Å². The molecule has 19 heavy (non-hydrogen) atoms. The van der Waals surface area contributed by atoms with Gasteiger partial charge in [-0.05, 0) is 40.2 Å². The number of hydrogen-bond acceptors (Lipinski definition) is 4. The zero-order chi connectivity index (χ0) is 14.0. The molecule has 4 nitrogen and oxygen atoms in total. The highest BCUT2D eigenvalue weighted by atomic mass is 35.5. The van der Waals surface area contributed by atoms with Crippen molar-refractivity contribution in [1.29, 1.82) is 0 Å². The van der Waals surface area contributed by atoms with Crippen LogP contribution in [0.4, 0.5) is 11.6 Å². The van der Waals surface area contributed by atoms with E-state index < -0.39 is 0 Å². The number of benzene rings is 1. The van der Waals surface area contributed by atoms with E-state index in [0.717, 1.165) is 11.3 Å². The molecule has 2 aromatic rings. The van der Waals surface area contributed by atoms with Crippen LogP contribution in [0.15, 0.2) is 24.3 Å². The Labute approximate surface area is 122 Å². The number of nitrogens with zero attached hydrogens (tertiary/aromatic N) is 3. The number of para-hydroxylation sites is 1. The molecular formula is C13H14Cl2N4. The van der Waals surface area contributed by atoms with Crippen molar-refractivity contribution in [2.45, 2.75) is 26.2 Å². The molecule has 0 saturated heterocycles. The zero-order valence-corrected chi connectivity index (χ0v) is 12.4. The summed E-state index contributed by atoms with van der Waals surface area (Å²) in [6.45, 7) is 6.42. The molecule has 0 aliphatic carbocycles. The van der Waals surface area contributed by atoms with Crippen LogP contribution in [0.5, 0.6) is 0 Å². The molecule has 0 atom stereocenters. The summed E-state index contributed by atoms with van der Waals surface area (Å²) < 4.78 is 0. The number of nitrogens with one attached hydrogen (secondary N) is 1. The molecule has 100 valence electrons. The Balaban J connectivity index is 2.38. The van der Waals surface area contributed by atoms with Gasteiger partial charge in [-0.2, -0.15) is 15.0 Å². The number of halogens is 2. The van der Waals surface area contributed by atoms with E-state index >= 15 is 0 Å². The molecule has 0 bridgehead atoms. The number of hydrogen-bond donors (Lipinski definition) is 1. The molecule has 0 aliphatic heterocycles. The first-order valence-electron chi connectivity index (χ1n) is 5.80. The topological polar surface area (TPSA) is 50.7 Å². The summed E-state index contributed by atoms with van der Waals surface area (Å²) in [5.41, 5.74) is 2.08. The van der Waals surface area contributed by atoms with E-state index in [-0.39, 0.29) is 16.0 Å². The summed E-state index contributed by atoms with van der Waals surface area (Å²) in [5, 5.41) is 3.26. The number of aromatic nitrogens is 3. The zero-order valence-electron chi connectivity index (χ0n) is 10.9. The number of anilines is 2. The van der Waals surface area contributed by atoms with Crippen molar-refractivity contribution in [3.8, 4) is 0 Å². The SMILES string of the molecule is CC(C)(C)c1ccccc1Nc1nc(Cl)nc(Cl)n1. The van der Waals surface area contributed by atoms with E-state index in [1.54, 1.807) is 0 Å². The van der Waals surface area contributed by atoms with Crippen LogP contribution in [0.1, 0.15) is 26.3 Å². The Morgan fingerprint density at radius 3 is 2.11 bits per heavy atom. The first kappa shape index (κ1) is 14.0. The molecule has 0 aliphatic rings. The molecule has 0 spiro atoms. The van der Waals surface area contributed by atoms with Gasteiger partial charge in [0.05, 0.1) is 0 Å². The molecule has 0 amide bonds. The van der Waals surface area contributed by atoms with E-state index in [1.807, 2.05) is 18.2 Å². The predicted octanol–water partition coefficient (Wildman–Crippen LogP) is 4.22. The van der Waals surface area contributed by atoms with Crippen LogP contribution in [-0.4, -0.2) is 15.0 Å². The smallest absolute Gasteiger partial charge is 0.232 e. The van der Waals surface area contributed by atoms with E-state index in [0.29, 0.717) is 5.95 Å². The van der Waals surface area contributed by atoms with Crippen LogP contribution in [0.25, 0.3) is 0 Å². The normalized spacial score (nSPS) is 11.4. The second-order valence-corrected chi connectivity index (χ2v) is 5.79. The summed E-state index contributed by atoms with van der Waals surface area (Å²) in [4.78, 5) is 11.7. The predicted molar refractivity (Wildman–Crippen MR) is 78.3 cm³/mol. The molecule has 0 saturated carbocycles. The van der Waals surface area contributed by atoms with Crippen molar-refractivity contribution in [3.05, 3.63) is 40.4 Å². The standard InChI is InChI=1S/C13H14Cl2N4/c1-13(2,3)8-6-4-5-7-9(8)16-12-18-10(14)17-11(15)19-12/h4-7H,1-3H3,(H,16,17,18,19). The molecular weight excluding hydrogens is 283 g/mol. The summed E-state index contributed by atoms with van der Waals surface area (Å²) >= 11 is 11.5. The molecule has 2 rings (SSSR count). The average molecular weight is 297 g/mol. The van der Waals surface area contributed by atoms with Gasteiger partial charge in [-0.25, -0.2) is 0 Å². The first-order valence-corrected chi connectivity index (χ1v) is 6.55. The van der Waals surface area contributed by atoms with Crippen LogP contribution in [0.3, 0.4) is 0 Å². The van der Waals surface area contributed by atoms with Gasteiger partial charge in [0.2, 0.25) is 16.5 Å². The third-order valence-corrected chi connectivity index (χ3v) is 2.90. The lowest BCUT2D eigenvalue weighted by molar-refractivity contribution is 0.592. The fraction of sp³-hybridized carbons (Fsp3) is 0.308. The molecule has 0 fully saturated rings. The highest BCUT2D eigenvalue weighted by Gasteiger charge is 2.18. The van der Waals surface area contributed by atoms with Gasteiger partial charge >= 0.3 is 0 Å². The van der Waals surface area contributed by atoms with Crippen molar-refractivity contribution >= 4 is 34.8 Å². The third kappa shape index (κ3) is 3.55. The molecule has 1 heterocycles. The minimum atomic E-state index is 0.00418. The fourth-order valence-electron chi connectivity index (χ4n) is 1.75. The summed E-state index contributed by atoms with van der Waals surface area (Å²) in [5.74, 6) is 0.335. The number of rotatable bonds is 2. The molecule has 1 N–H and O–H groups in total. The first-order chi connectivity index (χ1) is 8.86. The van der Waals surface area contributed by atoms with Crippen molar-refractivity contribution in [3.63, 3.8) is 0 Å². The molecule has 1 aromatic carbocycles. The van der Waals surface area contributed by atoms with Crippen LogP contribution in [0, 0.1) is 0 Å². The van der Waals surface area contributed by atoms with Gasteiger partial charge in [-0.15, -0.1) is 0 Å². The lowest BCUT2D eigenvalue weighted by Crippen LogP contribution is -2.14. The molecule has 0 unspecified atom stereocenters. The van der Waals surface area contributed by atoms with Crippen molar-refractivity contribution in [2.75, 3.05) is 5.32 Å². The van der Waals surface area contributed by atoms with Crippen LogP contribution >= 0.6 is 23.2 Å². The Bertz CT molecular complexity index is 573. The van der Waals surface area contributed by atoms with Gasteiger partial charge in [0.15, 0.2) is 0 Å². The maximum absolute atomic E-state index is 5.76. The largest absolute Gasteiger partial charge is 0.324 e. The Hall–Kier alpha value is -1.39. The lowest BCUT2D eigenvalue weighted by Gasteiger charge is -2.22. The van der Waals surface area contributed by atoms with E-state index in [2.05, 4.69) is 47.1 Å². The molecule has 0 radical (unpaired) electrons. The van der Waals surface area contributed by atoms with Gasteiger partial charge in [0.1, 0.15) is 0 Å². The summed E-state index contributed by atoms with van der Waals surface area (Å²) in [6, 6.07) is 7.97. The minimum Gasteiger partial charge on any atom is -0.324 e. The average Bonchev–Trinajstić information content (AvgIpc) is 2.26. The quantitative estimate of drug-likeness (QED) is 0.901. The van der Waals surface area contributed by atoms with E-state index in [4.69, 9.17) is 23.2 Å². The van der Waals surface area contributed by atoms with Crippen LogP contribution < -0.4 is 5.32 Å². The van der Waals surface area contributed by atoms with E-state index in [1.165, 1.54) is 0 Å². The van der Waals surface area contributed by atoms with Crippen LogP contribution in [-0.2, 0) is 5.41 Å². The summed E-state index contributed by atoms with van der Waals surface area (Å²) in [7, 11) is 0. The Morgan fingerprint density at radius 1 is 0.947 bits per heavy atom. The lowest BCUT2D eigenvalue weighted by atomic mass is 9.86. The Kier molecular flexibility index (Phi) is 3.92. The van der Waals surface area contributed by atoms with Crippen LogP contribution in [0.2, 0.25) is 10.6 Å². The van der Waals surface area contributed by atoms with Gasteiger partial charge in [-0.3, -0.25) is 0 Å². The maximum atomic E-state index is 5.76. The highest BCUT2D eigenvalue weighted by molar-refractivity contribution is 6.31. The third-order valence-electron chi connectivity index (χ3n) is 2.56. The van der Waals surface area contributed by atoms with Crippen molar-refractivity contribution in [1.82, 2.24) is 15.0 Å². The van der Waals surface area contributed by atoms with Gasteiger partial charge in [-0.1, -0.05) is 39.0 Å². The molecule has 6 heteroatoms. The highest BCUT2D eigenvalue weighted by Crippen LogP contribution is 2.30. The second kappa shape index (κ2) is 5.31.